The Kier molecular flexibility index (Phi) is 5.10. The second-order valence-corrected chi connectivity index (χ2v) is 4.77. The van der Waals surface area contributed by atoms with Gasteiger partial charge in [0.1, 0.15) is 5.82 Å². The number of morpholine rings is 1. The molecule has 5 heteroatoms. The van der Waals surface area contributed by atoms with Gasteiger partial charge in [-0.2, -0.15) is 0 Å². The summed E-state index contributed by atoms with van der Waals surface area (Å²) in [5.41, 5.74) is 0.0288. The molecular weight excluding hydrogens is 240 g/mol. The lowest BCUT2D eigenvalue weighted by molar-refractivity contribution is -0.0740. The van der Waals surface area contributed by atoms with Crippen molar-refractivity contribution in [2.45, 2.75) is 32.3 Å². The van der Waals surface area contributed by atoms with Gasteiger partial charge in [-0.15, -0.1) is 0 Å². The Morgan fingerprint density at radius 3 is 2.74 bits per heavy atom. The van der Waals surface area contributed by atoms with E-state index in [-0.39, 0.29) is 5.60 Å². The molecule has 0 atom stereocenters. The van der Waals surface area contributed by atoms with Crippen molar-refractivity contribution in [2.75, 3.05) is 37.7 Å². The summed E-state index contributed by atoms with van der Waals surface area (Å²) in [7, 11) is 0. The Hall–Kier alpha value is -1.20. The molecule has 0 radical (unpaired) electrons. The van der Waals surface area contributed by atoms with Crippen LogP contribution >= 0.6 is 0 Å². The fourth-order valence-electron chi connectivity index (χ4n) is 2.68. The van der Waals surface area contributed by atoms with Crippen LogP contribution in [0.4, 0.5) is 5.82 Å². The number of ether oxygens (including phenoxy) is 1. The van der Waals surface area contributed by atoms with Crippen molar-refractivity contribution in [1.82, 2.24) is 15.3 Å². The van der Waals surface area contributed by atoms with Gasteiger partial charge in [-0.25, -0.2) is 4.98 Å². The van der Waals surface area contributed by atoms with Crippen LogP contribution in [0.1, 0.15) is 26.7 Å². The average Bonchev–Trinajstić information content (AvgIpc) is 2.51. The molecule has 1 N–H and O–H groups in total. The molecule has 2 aliphatic rings. The first-order valence-corrected chi connectivity index (χ1v) is 7.24. The van der Waals surface area contributed by atoms with Crippen LogP contribution in [0.3, 0.4) is 0 Å². The number of hydrogen-bond donors (Lipinski definition) is 1. The first-order chi connectivity index (χ1) is 9.38. The van der Waals surface area contributed by atoms with Gasteiger partial charge in [-0.1, -0.05) is 13.8 Å². The van der Waals surface area contributed by atoms with Crippen LogP contribution in [-0.4, -0.2) is 48.4 Å². The van der Waals surface area contributed by atoms with Crippen molar-refractivity contribution in [3.8, 4) is 0 Å². The fraction of sp³-hybridized carbons (Fsp3) is 0.714. The van der Waals surface area contributed by atoms with Crippen LogP contribution in [-0.2, 0) is 4.74 Å². The topological polar surface area (TPSA) is 50.3 Å². The van der Waals surface area contributed by atoms with Crippen molar-refractivity contribution in [1.29, 1.82) is 0 Å². The Labute approximate surface area is 115 Å². The largest absolute Gasteiger partial charge is 0.371 e. The summed E-state index contributed by atoms with van der Waals surface area (Å²) in [5.74, 6) is 0.966. The van der Waals surface area contributed by atoms with Gasteiger partial charge in [-0.05, 0) is 25.9 Å². The van der Waals surface area contributed by atoms with Crippen LogP contribution in [0.2, 0.25) is 0 Å². The minimum atomic E-state index is 0.0288. The summed E-state index contributed by atoms with van der Waals surface area (Å²) in [6, 6.07) is 0. The van der Waals surface area contributed by atoms with Crippen molar-refractivity contribution in [3.63, 3.8) is 0 Å². The maximum atomic E-state index is 6.03. The van der Waals surface area contributed by atoms with E-state index in [0.717, 1.165) is 51.4 Å². The molecule has 0 saturated carbocycles. The quantitative estimate of drug-likeness (QED) is 0.832. The van der Waals surface area contributed by atoms with E-state index in [1.807, 2.05) is 20.0 Å². The first kappa shape index (κ1) is 14.2. The van der Waals surface area contributed by atoms with Crippen molar-refractivity contribution in [3.05, 3.63) is 18.6 Å². The second kappa shape index (κ2) is 6.82. The lowest BCUT2D eigenvalue weighted by Crippen LogP contribution is -2.56. The molecule has 1 aromatic heterocycles. The highest BCUT2D eigenvalue weighted by Crippen LogP contribution is 2.29. The minimum Gasteiger partial charge on any atom is -0.371 e. The molecule has 1 aromatic rings. The lowest BCUT2D eigenvalue weighted by Gasteiger charge is -2.45. The van der Waals surface area contributed by atoms with Crippen molar-refractivity contribution in [2.24, 2.45) is 0 Å². The van der Waals surface area contributed by atoms with Gasteiger partial charge in [0.05, 0.1) is 18.4 Å². The zero-order valence-corrected chi connectivity index (χ0v) is 11.9. The number of piperidine rings is 1. The maximum absolute atomic E-state index is 6.03. The number of hydrogen-bond acceptors (Lipinski definition) is 5. The number of nitrogens with zero attached hydrogens (tertiary/aromatic N) is 3. The van der Waals surface area contributed by atoms with Crippen LogP contribution in [0.5, 0.6) is 0 Å². The van der Waals surface area contributed by atoms with Gasteiger partial charge in [0.15, 0.2) is 0 Å². The van der Waals surface area contributed by atoms with Gasteiger partial charge in [-0.3, -0.25) is 4.98 Å². The predicted octanol–water partition coefficient (Wildman–Crippen LogP) is 1.46. The molecule has 0 aromatic carbocycles. The minimum absolute atomic E-state index is 0.0288. The first-order valence-electron chi connectivity index (χ1n) is 7.24. The molecule has 0 unspecified atom stereocenters. The molecule has 3 rings (SSSR count). The molecule has 0 aliphatic carbocycles. The van der Waals surface area contributed by atoms with E-state index in [4.69, 9.17) is 4.74 Å². The SMILES string of the molecule is CC.c1cnc(N2CCOC3(CCNCC3)C2)cn1. The smallest absolute Gasteiger partial charge is 0.147 e. The second-order valence-electron chi connectivity index (χ2n) is 4.77. The van der Waals surface area contributed by atoms with E-state index >= 15 is 0 Å². The van der Waals surface area contributed by atoms with Crippen LogP contribution in [0.15, 0.2) is 18.6 Å². The molecule has 0 bridgehead atoms. The monoisotopic (exact) mass is 264 g/mol. The maximum Gasteiger partial charge on any atom is 0.147 e. The summed E-state index contributed by atoms with van der Waals surface area (Å²) in [4.78, 5) is 10.8. The Morgan fingerprint density at radius 2 is 2.05 bits per heavy atom. The van der Waals surface area contributed by atoms with E-state index in [1.54, 1.807) is 12.4 Å². The van der Waals surface area contributed by atoms with Gasteiger partial charge in [0.25, 0.3) is 0 Å². The van der Waals surface area contributed by atoms with E-state index in [9.17, 15) is 0 Å². The van der Waals surface area contributed by atoms with E-state index in [0.29, 0.717) is 0 Å². The number of anilines is 1. The highest BCUT2D eigenvalue weighted by Gasteiger charge is 2.38. The zero-order valence-electron chi connectivity index (χ0n) is 11.9. The van der Waals surface area contributed by atoms with Crippen LogP contribution in [0, 0.1) is 0 Å². The molecule has 0 amide bonds. The molecule has 2 saturated heterocycles. The Bertz CT molecular complexity index is 359. The van der Waals surface area contributed by atoms with Gasteiger partial charge >= 0.3 is 0 Å². The summed E-state index contributed by atoms with van der Waals surface area (Å²) in [6.07, 6.45) is 7.47. The summed E-state index contributed by atoms with van der Waals surface area (Å²) < 4.78 is 6.03. The van der Waals surface area contributed by atoms with Gasteiger partial charge in [0.2, 0.25) is 0 Å². The van der Waals surface area contributed by atoms with Crippen molar-refractivity contribution < 1.29 is 4.74 Å². The van der Waals surface area contributed by atoms with Gasteiger partial charge in [0, 0.05) is 25.5 Å². The number of aromatic nitrogens is 2. The highest BCUT2D eigenvalue weighted by molar-refractivity contribution is 5.36. The average molecular weight is 264 g/mol. The third-order valence-electron chi connectivity index (χ3n) is 3.64. The summed E-state index contributed by atoms with van der Waals surface area (Å²) in [6.45, 7) is 8.74. The lowest BCUT2D eigenvalue weighted by atomic mass is 9.90. The molecule has 19 heavy (non-hydrogen) atoms. The standard InChI is InChI=1S/C12H18N4O.C2H6/c1-3-13-4-2-12(1)10-16(7-8-17-12)11-9-14-5-6-15-11;1-2/h5-6,9,13H,1-4,7-8,10H2;1-2H3. The number of nitrogens with one attached hydrogen (secondary N) is 1. The summed E-state index contributed by atoms with van der Waals surface area (Å²) in [5, 5.41) is 3.38. The van der Waals surface area contributed by atoms with E-state index in [1.165, 1.54) is 0 Å². The Morgan fingerprint density at radius 1 is 1.26 bits per heavy atom. The molecule has 2 aliphatic heterocycles. The van der Waals surface area contributed by atoms with E-state index in [2.05, 4.69) is 20.2 Å². The number of rotatable bonds is 1. The molecule has 106 valence electrons. The van der Waals surface area contributed by atoms with Crippen LogP contribution in [0.25, 0.3) is 0 Å². The highest BCUT2D eigenvalue weighted by atomic mass is 16.5. The Balaban J connectivity index is 0.000000637. The van der Waals surface area contributed by atoms with E-state index < -0.39 is 0 Å². The molecular formula is C14H24N4O. The third-order valence-corrected chi connectivity index (χ3v) is 3.64. The fourth-order valence-corrected chi connectivity index (χ4v) is 2.68. The van der Waals surface area contributed by atoms with Crippen LogP contribution < -0.4 is 10.2 Å². The molecule has 5 nitrogen and oxygen atoms in total. The van der Waals surface area contributed by atoms with Crippen molar-refractivity contribution >= 4 is 5.82 Å². The molecule has 1 spiro atoms. The predicted molar refractivity (Wildman–Crippen MR) is 76.4 cm³/mol. The zero-order chi connectivity index (χ0) is 13.6. The van der Waals surface area contributed by atoms with Gasteiger partial charge < -0.3 is 15.0 Å². The normalized spacial score (nSPS) is 21.7. The molecule has 2 fully saturated rings. The molecule has 3 heterocycles. The summed E-state index contributed by atoms with van der Waals surface area (Å²) >= 11 is 0. The third kappa shape index (κ3) is 3.42.